The molecule has 0 heterocycles. The van der Waals surface area contributed by atoms with Crippen LogP contribution in [-0.2, 0) is 9.59 Å². The van der Waals surface area contributed by atoms with Crippen molar-refractivity contribution in [3.8, 4) is 5.75 Å². The van der Waals surface area contributed by atoms with E-state index in [0.29, 0.717) is 23.8 Å². The third-order valence-electron chi connectivity index (χ3n) is 2.19. The number of para-hydroxylation sites is 2. The number of carbonyl (C=O) groups excluding carboxylic acids is 2. The predicted molar refractivity (Wildman–Crippen MR) is 77.4 cm³/mol. The van der Waals surface area contributed by atoms with E-state index in [4.69, 9.17) is 10.5 Å². The number of ether oxygens (including phenoxy) is 1. The van der Waals surface area contributed by atoms with Crippen molar-refractivity contribution < 1.29 is 14.3 Å². The van der Waals surface area contributed by atoms with Gasteiger partial charge in [0.05, 0.1) is 18.0 Å². The van der Waals surface area contributed by atoms with E-state index in [-0.39, 0.29) is 24.0 Å². The van der Waals surface area contributed by atoms with E-state index in [1.807, 2.05) is 19.1 Å². The molecular weight excluding hydrogens is 264 g/mol. The third-order valence-corrected chi connectivity index (χ3v) is 3.15. The molecule has 0 aliphatic carbocycles. The van der Waals surface area contributed by atoms with Crippen LogP contribution in [0.15, 0.2) is 24.3 Å². The zero-order valence-electron chi connectivity index (χ0n) is 10.8. The Morgan fingerprint density at radius 1 is 1.37 bits per heavy atom. The van der Waals surface area contributed by atoms with Crippen LogP contribution in [0, 0.1) is 0 Å². The summed E-state index contributed by atoms with van der Waals surface area (Å²) in [5.41, 5.74) is 5.67. The lowest BCUT2D eigenvalue weighted by Crippen LogP contribution is -2.16. The number of amides is 2. The molecule has 0 saturated carbocycles. The number of primary amides is 1. The minimum absolute atomic E-state index is 0.123. The zero-order valence-corrected chi connectivity index (χ0v) is 11.7. The van der Waals surface area contributed by atoms with Crippen LogP contribution in [0.25, 0.3) is 0 Å². The monoisotopic (exact) mass is 282 g/mol. The first-order chi connectivity index (χ1) is 9.13. The Morgan fingerprint density at radius 3 is 2.79 bits per heavy atom. The number of hydrogen-bond acceptors (Lipinski definition) is 4. The van der Waals surface area contributed by atoms with Gasteiger partial charge >= 0.3 is 0 Å². The van der Waals surface area contributed by atoms with Crippen LogP contribution in [-0.4, -0.2) is 29.9 Å². The number of rotatable bonds is 8. The quantitative estimate of drug-likeness (QED) is 0.710. The van der Waals surface area contributed by atoms with Crippen LogP contribution in [0.2, 0.25) is 0 Å². The standard InChI is InChI=1S/C13H18N2O3S/c1-2-18-11-6-4-3-5-10(11)15-13(17)9-19-8-7-12(14)16/h3-6H,2,7-9H2,1H3,(H2,14,16)(H,15,17). The Hall–Kier alpha value is -1.69. The number of hydrogen-bond donors (Lipinski definition) is 2. The van der Waals surface area contributed by atoms with Gasteiger partial charge in [-0.05, 0) is 19.1 Å². The Morgan fingerprint density at radius 2 is 2.11 bits per heavy atom. The van der Waals surface area contributed by atoms with Crippen molar-refractivity contribution in [3.05, 3.63) is 24.3 Å². The lowest BCUT2D eigenvalue weighted by molar-refractivity contribution is -0.117. The molecule has 1 aromatic carbocycles. The molecule has 0 unspecified atom stereocenters. The third kappa shape index (κ3) is 6.15. The fraction of sp³-hybridized carbons (Fsp3) is 0.385. The largest absolute Gasteiger partial charge is 0.492 e. The van der Waals surface area contributed by atoms with E-state index in [1.54, 1.807) is 12.1 Å². The number of thioether (sulfide) groups is 1. The summed E-state index contributed by atoms with van der Waals surface area (Å²) >= 11 is 1.37. The summed E-state index contributed by atoms with van der Waals surface area (Å²) in [4.78, 5) is 22.3. The maximum Gasteiger partial charge on any atom is 0.234 e. The lowest BCUT2D eigenvalue weighted by atomic mass is 10.3. The maximum absolute atomic E-state index is 11.7. The van der Waals surface area contributed by atoms with E-state index in [0.717, 1.165) is 0 Å². The van der Waals surface area contributed by atoms with Crippen molar-refractivity contribution >= 4 is 29.3 Å². The summed E-state index contributed by atoms with van der Waals surface area (Å²) in [6.07, 6.45) is 0.285. The molecule has 5 nitrogen and oxygen atoms in total. The van der Waals surface area contributed by atoms with Crippen LogP contribution in [0.1, 0.15) is 13.3 Å². The highest BCUT2D eigenvalue weighted by Gasteiger charge is 2.07. The first kappa shape index (κ1) is 15.4. The van der Waals surface area contributed by atoms with Gasteiger partial charge in [0.25, 0.3) is 0 Å². The van der Waals surface area contributed by atoms with Gasteiger partial charge in [-0.2, -0.15) is 11.8 Å². The predicted octanol–water partition coefficient (Wildman–Crippen LogP) is 1.63. The average molecular weight is 282 g/mol. The first-order valence-electron chi connectivity index (χ1n) is 6.01. The van der Waals surface area contributed by atoms with Gasteiger partial charge < -0.3 is 15.8 Å². The van der Waals surface area contributed by atoms with E-state index < -0.39 is 0 Å². The number of anilines is 1. The summed E-state index contributed by atoms with van der Waals surface area (Å²) in [6, 6.07) is 7.27. The minimum Gasteiger partial charge on any atom is -0.492 e. The zero-order chi connectivity index (χ0) is 14.1. The lowest BCUT2D eigenvalue weighted by Gasteiger charge is -2.10. The molecule has 0 spiro atoms. The van der Waals surface area contributed by atoms with Gasteiger partial charge in [0.2, 0.25) is 11.8 Å². The molecule has 1 rings (SSSR count). The molecule has 0 saturated heterocycles. The summed E-state index contributed by atoms with van der Waals surface area (Å²) in [7, 11) is 0. The second-order valence-corrected chi connectivity index (χ2v) is 4.85. The fourth-order valence-electron chi connectivity index (χ4n) is 1.38. The first-order valence-corrected chi connectivity index (χ1v) is 7.16. The van der Waals surface area contributed by atoms with E-state index in [2.05, 4.69) is 5.32 Å². The molecule has 19 heavy (non-hydrogen) atoms. The molecule has 0 aliphatic heterocycles. The molecule has 0 radical (unpaired) electrons. The molecule has 0 atom stereocenters. The summed E-state index contributed by atoms with van der Waals surface area (Å²) in [6.45, 7) is 2.43. The molecule has 1 aromatic rings. The van der Waals surface area contributed by atoms with Crippen molar-refractivity contribution in [2.24, 2.45) is 5.73 Å². The summed E-state index contributed by atoms with van der Waals surface area (Å²) < 4.78 is 5.41. The van der Waals surface area contributed by atoms with Crippen LogP contribution in [0.4, 0.5) is 5.69 Å². The van der Waals surface area contributed by atoms with Crippen molar-refractivity contribution in [2.45, 2.75) is 13.3 Å². The molecule has 0 bridgehead atoms. The van der Waals surface area contributed by atoms with Gasteiger partial charge in [0, 0.05) is 12.2 Å². The van der Waals surface area contributed by atoms with Gasteiger partial charge in [0.1, 0.15) is 5.75 Å². The van der Waals surface area contributed by atoms with Crippen LogP contribution in [0.5, 0.6) is 5.75 Å². The van der Waals surface area contributed by atoms with Gasteiger partial charge in [0.15, 0.2) is 0 Å². The molecule has 6 heteroatoms. The maximum atomic E-state index is 11.7. The Labute approximate surface area is 116 Å². The van der Waals surface area contributed by atoms with E-state index in [9.17, 15) is 9.59 Å². The summed E-state index contributed by atoms with van der Waals surface area (Å²) in [5, 5.41) is 2.78. The molecule has 0 fully saturated rings. The normalized spacial score (nSPS) is 9.95. The van der Waals surface area contributed by atoms with Crippen LogP contribution in [0.3, 0.4) is 0 Å². The van der Waals surface area contributed by atoms with Gasteiger partial charge in [-0.15, -0.1) is 0 Å². The van der Waals surface area contributed by atoms with Crippen LogP contribution >= 0.6 is 11.8 Å². The Balaban J connectivity index is 2.41. The average Bonchev–Trinajstić information content (AvgIpc) is 2.37. The molecule has 0 aliphatic rings. The number of nitrogens with one attached hydrogen (secondary N) is 1. The summed E-state index contributed by atoms with van der Waals surface area (Å²) in [5.74, 6) is 1.01. The highest BCUT2D eigenvalue weighted by atomic mass is 32.2. The number of carbonyl (C=O) groups is 2. The number of nitrogens with two attached hydrogens (primary N) is 1. The van der Waals surface area contributed by atoms with Gasteiger partial charge in [-0.25, -0.2) is 0 Å². The van der Waals surface area contributed by atoms with Crippen molar-refractivity contribution in [2.75, 3.05) is 23.4 Å². The van der Waals surface area contributed by atoms with E-state index in [1.165, 1.54) is 11.8 Å². The topological polar surface area (TPSA) is 81.4 Å². The smallest absolute Gasteiger partial charge is 0.234 e. The highest BCUT2D eigenvalue weighted by molar-refractivity contribution is 7.99. The fourth-order valence-corrected chi connectivity index (χ4v) is 2.12. The van der Waals surface area contributed by atoms with Gasteiger partial charge in [-0.3, -0.25) is 9.59 Å². The second kappa shape index (κ2) is 8.42. The molecule has 3 N–H and O–H groups in total. The molecular formula is C13H18N2O3S. The minimum atomic E-state index is -0.352. The van der Waals surface area contributed by atoms with Gasteiger partial charge in [-0.1, -0.05) is 12.1 Å². The molecule has 0 aromatic heterocycles. The van der Waals surface area contributed by atoms with E-state index >= 15 is 0 Å². The van der Waals surface area contributed by atoms with Crippen molar-refractivity contribution in [1.29, 1.82) is 0 Å². The van der Waals surface area contributed by atoms with Crippen LogP contribution < -0.4 is 15.8 Å². The van der Waals surface area contributed by atoms with Crippen molar-refractivity contribution in [1.82, 2.24) is 0 Å². The highest BCUT2D eigenvalue weighted by Crippen LogP contribution is 2.23. The Kier molecular flexibility index (Phi) is 6.81. The number of benzene rings is 1. The molecule has 104 valence electrons. The second-order valence-electron chi connectivity index (χ2n) is 3.75. The SMILES string of the molecule is CCOc1ccccc1NC(=O)CSCCC(N)=O. The Bertz CT molecular complexity index is 438. The molecule has 2 amide bonds. The van der Waals surface area contributed by atoms with Crippen molar-refractivity contribution in [3.63, 3.8) is 0 Å².